The highest BCUT2D eigenvalue weighted by Crippen LogP contribution is 2.28. The summed E-state index contributed by atoms with van der Waals surface area (Å²) in [4.78, 5) is 3.27. The van der Waals surface area contributed by atoms with Gasteiger partial charge >= 0.3 is 0 Å². The van der Waals surface area contributed by atoms with Gasteiger partial charge in [-0.1, -0.05) is 30.3 Å². The fourth-order valence-corrected chi connectivity index (χ4v) is 1.89. The van der Waals surface area contributed by atoms with Crippen LogP contribution in [0, 0.1) is 12.4 Å². The van der Waals surface area contributed by atoms with E-state index in [1.54, 1.807) is 12.1 Å². The third-order valence-electron chi connectivity index (χ3n) is 2.91. The van der Waals surface area contributed by atoms with Gasteiger partial charge in [0.15, 0.2) is 5.69 Å². The summed E-state index contributed by atoms with van der Waals surface area (Å²) in [6.45, 7) is 6.65. The second-order valence-corrected chi connectivity index (χ2v) is 4.11. The zero-order chi connectivity index (χ0) is 13.8. The lowest BCUT2D eigenvalue weighted by atomic mass is 9.96. The Balaban J connectivity index is 2.41. The van der Waals surface area contributed by atoms with Crippen LogP contribution in [0.4, 0.5) is 10.1 Å². The maximum Gasteiger partial charge on any atom is 0.187 e. The molecule has 2 N–H and O–H groups in total. The summed E-state index contributed by atoms with van der Waals surface area (Å²) in [7, 11) is 0. The highest BCUT2D eigenvalue weighted by Gasteiger charge is 2.14. The number of aliphatic hydroxyl groups is 2. The van der Waals surface area contributed by atoms with Crippen molar-refractivity contribution < 1.29 is 14.6 Å². The molecule has 1 atom stereocenters. The molecule has 0 saturated heterocycles. The van der Waals surface area contributed by atoms with E-state index in [2.05, 4.69) is 4.85 Å². The van der Waals surface area contributed by atoms with Crippen LogP contribution in [0.2, 0.25) is 0 Å². The zero-order valence-electron chi connectivity index (χ0n) is 10.0. The Morgan fingerprint density at radius 2 is 1.84 bits per heavy atom. The second kappa shape index (κ2) is 5.61. The van der Waals surface area contributed by atoms with Crippen LogP contribution >= 0.6 is 0 Å². The molecule has 96 valence electrons. The van der Waals surface area contributed by atoms with Gasteiger partial charge in [0.1, 0.15) is 11.9 Å². The molecule has 2 aromatic carbocycles. The molecule has 4 heteroatoms. The molecular formula is C15H12FNO2. The minimum atomic E-state index is -0.956. The van der Waals surface area contributed by atoms with Crippen LogP contribution in [0.3, 0.4) is 0 Å². The molecule has 1 unspecified atom stereocenters. The molecule has 0 aliphatic carbocycles. The molecule has 0 heterocycles. The van der Waals surface area contributed by atoms with Crippen LogP contribution in [0.25, 0.3) is 4.85 Å². The van der Waals surface area contributed by atoms with Crippen molar-refractivity contribution in [2.75, 3.05) is 0 Å². The first-order valence-electron chi connectivity index (χ1n) is 5.70. The minimum absolute atomic E-state index is 0.267. The van der Waals surface area contributed by atoms with Crippen molar-refractivity contribution in [3.8, 4) is 0 Å². The molecule has 0 aliphatic heterocycles. The topological polar surface area (TPSA) is 44.8 Å². The lowest BCUT2D eigenvalue weighted by Crippen LogP contribution is -2.04. The lowest BCUT2D eigenvalue weighted by molar-refractivity contribution is 0.213. The number of rotatable bonds is 3. The van der Waals surface area contributed by atoms with E-state index in [0.29, 0.717) is 22.4 Å². The summed E-state index contributed by atoms with van der Waals surface area (Å²) in [5.41, 5.74) is 1.94. The smallest absolute Gasteiger partial charge is 0.187 e. The molecule has 0 amide bonds. The Kier molecular flexibility index (Phi) is 3.91. The van der Waals surface area contributed by atoms with Gasteiger partial charge in [0, 0.05) is 0 Å². The van der Waals surface area contributed by atoms with Crippen molar-refractivity contribution >= 4 is 5.69 Å². The van der Waals surface area contributed by atoms with Crippen molar-refractivity contribution in [1.82, 2.24) is 0 Å². The summed E-state index contributed by atoms with van der Waals surface area (Å²) >= 11 is 0. The molecule has 0 aliphatic rings. The highest BCUT2D eigenvalue weighted by molar-refractivity contribution is 5.51. The van der Waals surface area contributed by atoms with Gasteiger partial charge in [0.05, 0.1) is 13.2 Å². The van der Waals surface area contributed by atoms with Gasteiger partial charge in [-0.05, 0) is 28.8 Å². The van der Waals surface area contributed by atoms with Gasteiger partial charge in [-0.3, -0.25) is 0 Å². The van der Waals surface area contributed by atoms with Gasteiger partial charge in [0.2, 0.25) is 0 Å². The monoisotopic (exact) mass is 257 g/mol. The molecular weight excluding hydrogens is 245 g/mol. The largest absolute Gasteiger partial charge is 0.392 e. The van der Waals surface area contributed by atoms with Crippen molar-refractivity contribution in [2.45, 2.75) is 12.7 Å². The molecule has 0 saturated carbocycles. The number of halogens is 1. The first kappa shape index (κ1) is 13.2. The fraction of sp³-hybridized carbons (Fsp3) is 0.133. The highest BCUT2D eigenvalue weighted by atomic mass is 19.1. The number of aliphatic hydroxyl groups excluding tert-OH is 2. The van der Waals surface area contributed by atoms with Gasteiger partial charge in [-0.15, -0.1) is 0 Å². The van der Waals surface area contributed by atoms with Crippen LogP contribution in [0.5, 0.6) is 0 Å². The zero-order valence-corrected chi connectivity index (χ0v) is 10.0. The Labute approximate surface area is 110 Å². The van der Waals surface area contributed by atoms with E-state index in [-0.39, 0.29) is 12.4 Å². The van der Waals surface area contributed by atoms with E-state index in [1.807, 2.05) is 0 Å². The SMILES string of the molecule is [C-]#[N+]c1ccc(C(O)c2ccc(F)cc2)c(CO)c1. The third-order valence-corrected chi connectivity index (χ3v) is 2.91. The van der Waals surface area contributed by atoms with E-state index in [0.717, 1.165) is 0 Å². The van der Waals surface area contributed by atoms with Crippen molar-refractivity contribution in [2.24, 2.45) is 0 Å². The lowest BCUT2D eigenvalue weighted by Gasteiger charge is -2.15. The number of hydrogen-bond acceptors (Lipinski definition) is 2. The van der Waals surface area contributed by atoms with Crippen LogP contribution < -0.4 is 0 Å². The molecule has 0 radical (unpaired) electrons. The average molecular weight is 257 g/mol. The normalized spacial score (nSPS) is 11.9. The summed E-state index contributed by atoms with van der Waals surface area (Å²) in [6, 6.07) is 10.2. The van der Waals surface area contributed by atoms with E-state index >= 15 is 0 Å². The van der Waals surface area contributed by atoms with Crippen LogP contribution in [-0.4, -0.2) is 10.2 Å². The van der Waals surface area contributed by atoms with Crippen molar-refractivity contribution in [3.63, 3.8) is 0 Å². The second-order valence-electron chi connectivity index (χ2n) is 4.11. The van der Waals surface area contributed by atoms with Gasteiger partial charge in [-0.2, -0.15) is 0 Å². The van der Waals surface area contributed by atoms with Crippen molar-refractivity contribution in [3.05, 3.63) is 76.4 Å². The summed E-state index contributed by atoms with van der Waals surface area (Å²) < 4.78 is 12.8. The van der Waals surface area contributed by atoms with Gasteiger partial charge < -0.3 is 10.2 Å². The third kappa shape index (κ3) is 2.79. The first-order valence-corrected chi connectivity index (χ1v) is 5.70. The van der Waals surface area contributed by atoms with E-state index in [1.165, 1.54) is 30.3 Å². The summed E-state index contributed by atoms with van der Waals surface area (Å²) in [6.07, 6.45) is -0.956. The Morgan fingerprint density at radius 3 is 2.42 bits per heavy atom. The molecule has 3 nitrogen and oxygen atoms in total. The standard InChI is InChI=1S/C15H12FNO2/c1-17-13-6-7-14(11(8-13)9-18)15(19)10-2-4-12(16)5-3-10/h2-8,15,18-19H,9H2. The Bertz CT molecular complexity index is 617. The Hall–Kier alpha value is -2.22. The predicted octanol–water partition coefficient (Wildman–Crippen LogP) is 2.95. The minimum Gasteiger partial charge on any atom is -0.392 e. The van der Waals surface area contributed by atoms with Crippen molar-refractivity contribution in [1.29, 1.82) is 0 Å². The van der Waals surface area contributed by atoms with Gasteiger partial charge in [-0.25, -0.2) is 9.24 Å². The molecule has 2 rings (SSSR count). The Morgan fingerprint density at radius 1 is 1.16 bits per heavy atom. The quantitative estimate of drug-likeness (QED) is 0.830. The van der Waals surface area contributed by atoms with E-state index in [9.17, 15) is 14.6 Å². The number of benzene rings is 2. The fourth-order valence-electron chi connectivity index (χ4n) is 1.89. The maximum atomic E-state index is 12.8. The van der Waals surface area contributed by atoms with Crippen LogP contribution in [0.1, 0.15) is 22.8 Å². The maximum absolute atomic E-state index is 12.8. The molecule has 19 heavy (non-hydrogen) atoms. The molecule has 0 aromatic heterocycles. The average Bonchev–Trinajstić information content (AvgIpc) is 2.46. The van der Waals surface area contributed by atoms with E-state index in [4.69, 9.17) is 6.57 Å². The van der Waals surface area contributed by atoms with Crippen LogP contribution in [-0.2, 0) is 6.61 Å². The van der Waals surface area contributed by atoms with Gasteiger partial charge in [0.25, 0.3) is 0 Å². The molecule has 0 fully saturated rings. The predicted molar refractivity (Wildman–Crippen MR) is 69.1 cm³/mol. The summed E-state index contributed by atoms with van der Waals surface area (Å²) in [5, 5.41) is 19.6. The molecule has 0 spiro atoms. The van der Waals surface area contributed by atoms with Crippen LogP contribution in [0.15, 0.2) is 42.5 Å². The number of nitrogens with zero attached hydrogens (tertiary/aromatic N) is 1. The summed E-state index contributed by atoms with van der Waals surface area (Å²) in [5.74, 6) is -0.373. The first-order chi connectivity index (χ1) is 9.15. The molecule has 2 aromatic rings. The van der Waals surface area contributed by atoms with E-state index < -0.39 is 6.10 Å². The number of hydrogen-bond donors (Lipinski definition) is 2. The molecule has 0 bridgehead atoms.